The fourth-order valence-electron chi connectivity index (χ4n) is 1.35. The van der Waals surface area contributed by atoms with E-state index >= 15 is 0 Å². The van der Waals surface area contributed by atoms with Crippen molar-refractivity contribution in [2.45, 2.75) is 24.6 Å². The molecule has 17 heavy (non-hydrogen) atoms. The second-order valence-corrected chi connectivity index (χ2v) is 5.80. The van der Waals surface area contributed by atoms with Crippen LogP contribution in [-0.2, 0) is 0 Å². The van der Waals surface area contributed by atoms with Gasteiger partial charge in [-0.2, -0.15) is 0 Å². The smallest absolute Gasteiger partial charge is 0.255 e. The molecule has 0 aliphatic heterocycles. The van der Waals surface area contributed by atoms with Gasteiger partial charge in [-0.05, 0) is 40.9 Å². The first-order valence-electron chi connectivity index (χ1n) is 5.42. The lowest BCUT2D eigenvalue weighted by Crippen LogP contribution is -2.27. The van der Waals surface area contributed by atoms with Crippen LogP contribution in [0.3, 0.4) is 0 Å². The van der Waals surface area contributed by atoms with Gasteiger partial charge in [0.2, 0.25) is 0 Å². The average Bonchev–Trinajstić information content (AvgIpc) is 2.28. The normalized spacial score (nSPS) is 12.2. The van der Waals surface area contributed by atoms with Gasteiger partial charge in [0.1, 0.15) is 5.82 Å². The standard InChI is InChI=1S/C12H14Br2FNO/c1-2-8(13)6-7-16-12(17)11-9(14)4-3-5-10(11)15/h3-5,8H,2,6-7H2,1H3,(H,16,17). The van der Waals surface area contributed by atoms with E-state index in [0.29, 0.717) is 15.8 Å². The van der Waals surface area contributed by atoms with E-state index in [-0.39, 0.29) is 11.5 Å². The van der Waals surface area contributed by atoms with Crippen LogP contribution in [0.5, 0.6) is 0 Å². The first-order chi connectivity index (χ1) is 8.06. The van der Waals surface area contributed by atoms with Gasteiger partial charge in [-0.1, -0.05) is 28.9 Å². The Morgan fingerprint density at radius 1 is 1.53 bits per heavy atom. The van der Waals surface area contributed by atoms with Gasteiger partial charge < -0.3 is 5.32 Å². The van der Waals surface area contributed by atoms with Crippen molar-refractivity contribution in [2.24, 2.45) is 0 Å². The van der Waals surface area contributed by atoms with Gasteiger partial charge >= 0.3 is 0 Å². The number of hydrogen-bond donors (Lipinski definition) is 1. The van der Waals surface area contributed by atoms with Crippen LogP contribution in [-0.4, -0.2) is 17.3 Å². The summed E-state index contributed by atoms with van der Waals surface area (Å²) in [6, 6.07) is 4.48. The number of alkyl halides is 1. The van der Waals surface area contributed by atoms with Gasteiger partial charge in [0, 0.05) is 15.8 Å². The lowest BCUT2D eigenvalue weighted by Gasteiger charge is -2.09. The quantitative estimate of drug-likeness (QED) is 0.787. The molecule has 0 fully saturated rings. The van der Waals surface area contributed by atoms with Crippen molar-refractivity contribution < 1.29 is 9.18 Å². The number of rotatable bonds is 5. The molecule has 0 aliphatic rings. The van der Waals surface area contributed by atoms with Gasteiger partial charge in [0.25, 0.3) is 5.91 Å². The topological polar surface area (TPSA) is 29.1 Å². The summed E-state index contributed by atoms with van der Waals surface area (Å²) < 4.78 is 13.9. The Hall–Kier alpha value is -0.420. The summed E-state index contributed by atoms with van der Waals surface area (Å²) in [5, 5.41) is 2.71. The third-order valence-corrected chi connectivity index (χ3v) is 4.14. The lowest BCUT2D eigenvalue weighted by atomic mass is 10.2. The molecule has 1 unspecified atom stereocenters. The minimum atomic E-state index is -0.511. The number of hydrogen-bond acceptors (Lipinski definition) is 1. The first-order valence-corrected chi connectivity index (χ1v) is 7.13. The number of amides is 1. The Morgan fingerprint density at radius 3 is 2.82 bits per heavy atom. The molecule has 2 nitrogen and oxygen atoms in total. The van der Waals surface area contributed by atoms with Crippen LogP contribution in [0.25, 0.3) is 0 Å². The zero-order chi connectivity index (χ0) is 12.8. The molecule has 0 heterocycles. The maximum atomic E-state index is 13.5. The predicted molar refractivity (Wildman–Crippen MR) is 74.1 cm³/mol. The van der Waals surface area contributed by atoms with Crippen molar-refractivity contribution in [3.05, 3.63) is 34.1 Å². The molecular weight excluding hydrogens is 353 g/mol. The van der Waals surface area contributed by atoms with E-state index in [1.807, 2.05) is 0 Å². The minimum Gasteiger partial charge on any atom is -0.352 e. The number of carbonyl (C=O) groups is 1. The molecule has 1 aromatic carbocycles. The third kappa shape index (κ3) is 4.39. The summed E-state index contributed by atoms with van der Waals surface area (Å²) in [4.78, 5) is 12.1. The molecule has 1 rings (SSSR count). The number of nitrogens with one attached hydrogen (secondary N) is 1. The number of carbonyl (C=O) groups excluding carboxylic acids is 1. The summed E-state index contributed by atoms with van der Waals surface area (Å²) >= 11 is 6.65. The maximum absolute atomic E-state index is 13.5. The maximum Gasteiger partial charge on any atom is 0.255 e. The Kier molecular flexibility index (Phi) is 6.12. The molecule has 1 atom stereocenters. The summed E-state index contributed by atoms with van der Waals surface area (Å²) in [5.74, 6) is -0.895. The largest absolute Gasteiger partial charge is 0.352 e. The van der Waals surface area contributed by atoms with Gasteiger partial charge in [-0.3, -0.25) is 4.79 Å². The highest BCUT2D eigenvalue weighted by Crippen LogP contribution is 2.19. The second-order valence-electron chi connectivity index (χ2n) is 3.65. The van der Waals surface area contributed by atoms with E-state index in [1.165, 1.54) is 6.07 Å². The molecule has 0 bridgehead atoms. The van der Waals surface area contributed by atoms with Crippen molar-refractivity contribution in [1.29, 1.82) is 0 Å². The lowest BCUT2D eigenvalue weighted by molar-refractivity contribution is 0.0948. The monoisotopic (exact) mass is 365 g/mol. The molecule has 1 N–H and O–H groups in total. The van der Waals surface area contributed by atoms with Crippen molar-refractivity contribution >= 4 is 37.8 Å². The van der Waals surface area contributed by atoms with Crippen LogP contribution >= 0.6 is 31.9 Å². The molecule has 1 aromatic rings. The Morgan fingerprint density at radius 2 is 2.24 bits per heavy atom. The second kappa shape index (κ2) is 7.11. The molecular formula is C12H14Br2FNO. The Labute approximate surface area is 117 Å². The van der Waals surface area contributed by atoms with Gasteiger partial charge in [0.05, 0.1) is 5.56 Å². The average molecular weight is 367 g/mol. The Bertz CT molecular complexity index is 378. The molecule has 0 aromatic heterocycles. The van der Waals surface area contributed by atoms with E-state index < -0.39 is 5.82 Å². The fraction of sp³-hybridized carbons (Fsp3) is 0.417. The highest BCUT2D eigenvalue weighted by molar-refractivity contribution is 9.10. The molecule has 0 aliphatic carbocycles. The fourth-order valence-corrected chi connectivity index (χ4v) is 2.10. The zero-order valence-corrected chi connectivity index (χ0v) is 12.6. The molecule has 5 heteroatoms. The van der Waals surface area contributed by atoms with E-state index in [1.54, 1.807) is 12.1 Å². The summed E-state index contributed by atoms with van der Waals surface area (Å²) in [6.07, 6.45) is 1.83. The third-order valence-electron chi connectivity index (χ3n) is 2.38. The summed E-state index contributed by atoms with van der Waals surface area (Å²) in [6.45, 7) is 2.60. The number of benzene rings is 1. The Balaban J connectivity index is 2.59. The minimum absolute atomic E-state index is 0.0649. The molecule has 0 saturated carbocycles. The van der Waals surface area contributed by atoms with Crippen LogP contribution in [0, 0.1) is 5.82 Å². The van der Waals surface area contributed by atoms with E-state index in [9.17, 15) is 9.18 Å². The van der Waals surface area contributed by atoms with Crippen LogP contribution in [0.1, 0.15) is 30.1 Å². The summed E-state index contributed by atoms with van der Waals surface area (Å²) in [7, 11) is 0. The van der Waals surface area contributed by atoms with E-state index in [0.717, 1.165) is 12.8 Å². The SMILES string of the molecule is CCC(Br)CCNC(=O)c1c(F)cccc1Br. The van der Waals surface area contributed by atoms with Gasteiger partial charge in [0.15, 0.2) is 0 Å². The van der Waals surface area contributed by atoms with Crippen molar-refractivity contribution in [3.8, 4) is 0 Å². The van der Waals surface area contributed by atoms with Gasteiger partial charge in [-0.15, -0.1) is 0 Å². The van der Waals surface area contributed by atoms with Crippen LogP contribution in [0.4, 0.5) is 4.39 Å². The van der Waals surface area contributed by atoms with Crippen LogP contribution in [0.2, 0.25) is 0 Å². The molecule has 0 radical (unpaired) electrons. The van der Waals surface area contributed by atoms with Crippen LogP contribution < -0.4 is 5.32 Å². The van der Waals surface area contributed by atoms with Crippen molar-refractivity contribution in [2.75, 3.05) is 6.54 Å². The van der Waals surface area contributed by atoms with E-state index in [2.05, 4.69) is 44.1 Å². The number of halogens is 3. The molecule has 0 spiro atoms. The molecule has 0 saturated heterocycles. The molecule has 1 amide bonds. The summed E-state index contributed by atoms with van der Waals surface area (Å²) in [5.41, 5.74) is 0.0649. The predicted octanol–water partition coefficient (Wildman–Crippen LogP) is 3.88. The highest BCUT2D eigenvalue weighted by Gasteiger charge is 2.14. The van der Waals surface area contributed by atoms with E-state index in [4.69, 9.17) is 0 Å². The van der Waals surface area contributed by atoms with Crippen molar-refractivity contribution in [1.82, 2.24) is 5.32 Å². The molecule has 94 valence electrons. The van der Waals surface area contributed by atoms with Crippen molar-refractivity contribution in [3.63, 3.8) is 0 Å². The zero-order valence-electron chi connectivity index (χ0n) is 9.47. The highest BCUT2D eigenvalue weighted by atomic mass is 79.9. The van der Waals surface area contributed by atoms with Crippen LogP contribution in [0.15, 0.2) is 22.7 Å². The first kappa shape index (κ1) is 14.6. The van der Waals surface area contributed by atoms with Gasteiger partial charge in [-0.25, -0.2) is 4.39 Å².